The van der Waals surface area contributed by atoms with Crippen molar-refractivity contribution in [1.29, 1.82) is 0 Å². The van der Waals surface area contributed by atoms with Gasteiger partial charge in [0.05, 0.1) is 0 Å². The fraction of sp³-hybridized carbons (Fsp3) is 0.375. The lowest BCUT2D eigenvalue weighted by molar-refractivity contribution is 0.0996. The number of hydrogen-bond acceptors (Lipinski definition) is 4. The summed E-state index contributed by atoms with van der Waals surface area (Å²) in [6.45, 7) is 4.95. The van der Waals surface area contributed by atoms with Gasteiger partial charge in [-0.3, -0.25) is 14.5 Å². The molecule has 0 aliphatic carbocycles. The summed E-state index contributed by atoms with van der Waals surface area (Å²) in [5.41, 5.74) is 14.1. The van der Waals surface area contributed by atoms with Gasteiger partial charge in [0.2, 0.25) is 5.91 Å². The summed E-state index contributed by atoms with van der Waals surface area (Å²) in [6.07, 6.45) is 1.95. The zero-order chi connectivity index (χ0) is 22.4. The number of ketones is 1. The molecule has 1 atom stereocenters. The van der Waals surface area contributed by atoms with E-state index in [4.69, 9.17) is 11.5 Å². The molecule has 2 aromatic carbocycles. The summed E-state index contributed by atoms with van der Waals surface area (Å²) >= 11 is 0. The van der Waals surface area contributed by atoms with Gasteiger partial charge in [-0.2, -0.15) is 0 Å². The molecule has 1 heterocycles. The van der Waals surface area contributed by atoms with Crippen molar-refractivity contribution in [2.24, 2.45) is 17.4 Å². The van der Waals surface area contributed by atoms with Gasteiger partial charge in [-0.15, -0.1) is 0 Å². The highest BCUT2D eigenvalue weighted by Gasteiger charge is 2.24. The van der Waals surface area contributed by atoms with Crippen molar-refractivity contribution in [2.45, 2.75) is 32.9 Å². The van der Waals surface area contributed by atoms with Gasteiger partial charge in [-0.1, -0.05) is 30.3 Å². The van der Waals surface area contributed by atoms with E-state index in [1.807, 2.05) is 42.5 Å². The molecule has 3 rings (SSSR count). The number of carbonyl (C=O) groups is 3. The summed E-state index contributed by atoms with van der Waals surface area (Å²) in [6, 6.07) is 14.6. The third-order valence-electron chi connectivity index (χ3n) is 5.70. The largest absolute Gasteiger partial charge is 0.366 e. The molecule has 31 heavy (non-hydrogen) atoms. The average molecular weight is 423 g/mol. The van der Waals surface area contributed by atoms with Crippen LogP contribution in [0.3, 0.4) is 0 Å². The fourth-order valence-electron chi connectivity index (χ4n) is 4.19. The quantitative estimate of drug-likeness (QED) is 0.637. The lowest BCUT2D eigenvalue weighted by Crippen LogP contribution is -2.45. The Balaban J connectivity index is 1.80. The Morgan fingerprint density at radius 3 is 2.19 bits per heavy atom. The van der Waals surface area contributed by atoms with E-state index in [1.165, 1.54) is 0 Å². The van der Waals surface area contributed by atoms with Gasteiger partial charge < -0.3 is 16.4 Å². The average Bonchev–Trinajstić information content (AvgIpc) is 2.74. The van der Waals surface area contributed by atoms with Gasteiger partial charge in [0.25, 0.3) is 0 Å². The minimum atomic E-state index is -0.452. The van der Waals surface area contributed by atoms with Gasteiger partial charge in [0.1, 0.15) is 0 Å². The second-order valence-electron chi connectivity index (χ2n) is 8.28. The molecular weight excluding hydrogens is 392 g/mol. The second-order valence-corrected chi connectivity index (χ2v) is 8.28. The van der Waals surface area contributed by atoms with Crippen molar-refractivity contribution in [1.82, 2.24) is 9.80 Å². The molecule has 1 saturated heterocycles. The van der Waals surface area contributed by atoms with Crippen molar-refractivity contribution in [3.05, 3.63) is 70.8 Å². The monoisotopic (exact) mass is 422 g/mol. The number of likely N-dealkylation sites (tertiary alicyclic amines) is 1. The zero-order valence-corrected chi connectivity index (χ0v) is 17.9. The van der Waals surface area contributed by atoms with Crippen molar-refractivity contribution in [3.8, 4) is 0 Å². The molecule has 1 unspecified atom stereocenters. The highest BCUT2D eigenvalue weighted by atomic mass is 16.2. The van der Waals surface area contributed by atoms with E-state index in [-0.39, 0.29) is 11.8 Å². The summed E-state index contributed by atoms with van der Waals surface area (Å²) in [5.74, 6) is -0.115. The first-order valence-corrected chi connectivity index (χ1v) is 10.6. The smallest absolute Gasteiger partial charge is 0.314 e. The number of hydrogen-bond donors (Lipinski definition) is 2. The minimum absolute atomic E-state index is 0.0342. The number of urea groups is 1. The predicted octanol–water partition coefficient (Wildman–Crippen LogP) is 2.78. The van der Waals surface area contributed by atoms with Crippen LogP contribution < -0.4 is 11.5 Å². The van der Waals surface area contributed by atoms with Crippen molar-refractivity contribution in [2.75, 3.05) is 19.6 Å². The molecule has 0 radical (unpaired) electrons. The van der Waals surface area contributed by atoms with Gasteiger partial charge in [0.15, 0.2) is 5.78 Å². The molecular formula is C24H30N4O3. The number of nitrogens with zero attached hydrogens (tertiary/aromatic N) is 2. The van der Waals surface area contributed by atoms with Crippen LogP contribution in [-0.2, 0) is 13.1 Å². The Bertz CT molecular complexity index is 900. The van der Waals surface area contributed by atoms with Crippen LogP contribution in [0.5, 0.6) is 0 Å². The molecule has 0 saturated carbocycles. The van der Waals surface area contributed by atoms with Crippen LogP contribution in [0, 0.1) is 5.92 Å². The molecule has 1 fully saturated rings. The number of nitrogens with two attached hydrogens (primary N) is 2. The molecule has 0 spiro atoms. The molecule has 2 aromatic rings. The van der Waals surface area contributed by atoms with E-state index in [9.17, 15) is 14.4 Å². The van der Waals surface area contributed by atoms with Crippen molar-refractivity contribution < 1.29 is 14.4 Å². The molecule has 0 bridgehead atoms. The first-order valence-electron chi connectivity index (χ1n) is 10.6. The SMILES string of the molecule is CC(=O)c1cccc(CN(Cc2cccc(C(N)=O)c2)CC2CCCN(C(N)=O)C2)c1. The number of Topliss-reactive ketones (excluding diaryl/α,β-unsaturated/α-hetero) is 1. The Kier molecular flexibility index (Phi) is 7.41. The number of benzene rings is 2. The van der Waals surface area contributed by atoms with Crippen LogP contribution in [0.1, 0.15) is 51.6 Å². The van der Waals surface area contributed by atoms with Crippen LogP contribution >= 0.6 is 0 Å². The van der Waals surface area contributed by atoms with Crippen LogP contribution in [-0.4, -0.2) is 47.2 Å². The maximum atomic E-state index is 11.8. The molecule has 4 N–H and O–H groups in total. The lowest BCUT2D eigenvalue weighted by Gasteiger charge is -2.35. The van der Waals surface area contributed by atoms with E-state index >= 15 is 0 Å². The van der Waals surface area contributed by atoms with Crippen LogP contribution in [0.15, 0.2) is 48.5 Å². The molecule has 3 amide bonds. The van der Waals surface area contributed by atoms with Gasteiger partial charge in [-0.25, -0.2) is 4.79 Å². The Hall–Kier alpha value is -3.19. The maximum absolute atomic E-state index is 11.8. The van der Waals surface area contributed by atoms with E-state index < -0.39 is 5.91 Å². The number of piperidine rings is 1. The highest BCUT2D eigenvalue weighted by Crippen LogP contribution is 2.21. The fourth-order valence-corrected chi connectivity index (χ4v) is 4.19. The predicted molar refractivity (Wildman–Crippen MR) is 119 cm³/mol. The van der Waals surface area contributed by atoms with Crippen molar-refractivity contribution >= 4 is 17.7 Å². The zero-order valence-electron chi connectivity index (χ0n) is 17.9. The Morgan fingerprint density at radius 1 is 1.00 bits per heavy atom. The Morgan fingerprint density at radius 2 is 1.61 bits per heavy atom. The van der Waals surface area contributed by atoms with E-state index in [2.05, 4.69) is 4.90 Å². The summed E-state index contributed by atoms with van der Waals surface area (Å²) < 4.78 is 0. The van der Waals surface area contributed by atoms with Crippen LogP contribution in [0.25, 0.3) is 0 Å². The van der Waals surface area contributed by atoms with E-state index in [1.54, 1.807) is 17.9 Å². The summed E-state index contributed by atoms with van der Waals surface area (Å²) in [5, 5.41) is 0. The van der Waals surface area contributed by atoms with E-state index in [0.29, 0.717) is 43.2 Å². The molecule has 7 heteroatoms. The molecule has 1 aliphatic heterocycles. The standard InChI is InChI=1S/C24H30N4O3/c1-17(29)21-8-2-5-18(11-21)13-27(14-19-6-3-9-22(12-19)23(25)30)15-20-7-4-10-28(16-20)24(26)31/h2-3,5-6,8-9,11-12,20H,4,7,10,13-16H2,1H3,(H2,25,30)(H2,26,31). The Labute approximate surface area is 183 Å². The van der Waals surface area contributed by atoms with Gasteiger partial charge >= 0.3 is 6.03 Å². The molecule has 0 aromatic heterocycles. The topological polar surface area (TPSA) is 110 Å². The van der Waals surface area contributed by atoms with E-state index in [0.717, 1.165) is 30.5 Å². The lowest BCUT2D eigenvalue weighted by atomic mass is 9.97. The number of primary amides is 2. The summed E-state index contributed by atoms with van der Waals surface area (Å²) in [4.78, 5) is 39.0. The number of amides is 3. The first-order chi connectivity index (χ1) is 14.8. The third-order valence-corrected chi connectivity index (χ3v) is 5.70. The third kappa shape index (κ3) is 6.39. The molecule has 1 aliphatic rings. The van der Waals surface area contributed by atoms with Gasteiger partial charge in [0, 0.05) is 43.9 Å². The van der Waals surface area contributed by atoms with Crippen LogP contribution in [0.4, 0.5) is 4.79 Å². The number of rotatable bonds is 8. The normalized spacial score (nSPS) is 16.3. The maximum Gasteiger partial charge on any atom is 0.314 e. The van der Waals surface area contributed by atoms with Crippen LogP contribution in [0.2, 0.25) is 0 Å². The highest BCUT2D eigenvalue weighted by molar-refractivity contribution is 5.94. The minimum Gasteiger partial charge on any atom is -0.366 e. The second kappa shape index (κ2) is 10.2. The first kappa shape index (κ1) is 22.5. The molecule has 164 valence electrons. The van der Waals surface area contributed by atoms with Gasteiger partial charge in [-0.05, 0) is 55.0 Å². The van der Waals surface area contributed by atoms with Crippen molar-refractivity contribution in [3.63, 3.8) is 0 Å². The number of carbonyl (C=O) groups excluding carboxylic acids is 3. The summed E-state index contributed by atoms with van der Waals surface area (Å²) in [7, 11) is 0. The molecule has 7 nitrogen and oxygen atoms in total.